The van der Waals surface area contributed by atoms with E-state index in [9.17, 15) is 9.32 Å². The molecule has 5 nitrogen and oxygen atoms in total. The quantitative estimate of drug-likeness (QED) is 0.782. The van der Waals surface area contributed by atoms with Gasteiger partial charge in [0.2, 0.25) is 0 Å². The number of nitrogens with zero attached hydrogens (tertiary/aromatic N) is 1. The van der Waals surface area contributed by atoms with Crippen LogP contribution in [0.25, 0.3) is 0 Å². The van der Waals surface area contributed by atoms with Crippen molar-refractivity contribution in [3.8, 4) is 5.75 Å². The van der Waals surface area contributed by atoms with Gasteiger partial charge in [0.25, 0.3) is 0 Å². The maximum absolute atomic E-state index is 11.8. The largest absolute Gasteiger partial charge is 0.485 e. The van der Waals surface area contributed by atoms with Gasteiger partial charge in [-0.25, -0.2) is 0 Å². The molecule has 0 aliphatic carbocycles. The van der Waals surface area contributed by atoms with Crippen molar-refractivity contribution >= 4 is 10.8 Å². The minimum absolute atomic E-state index is 0.579. The molecule has 23 heavy (non-hydrogen) atoms. The smallest absolute Gasteiger partial charge is 0.130 e. The third-order valence-electron chi connectivity index (χ3n) is 4.17. The zero-order chi connectivity index (χ0) is 16.9. The van der Waals surface area contributed by atoms with Gasteiger partial charge >= 0.3 is 0 Å². The van der Waals surface area contributed by atoms with Crippen molar-refractivity contribution in [2.24, 2.45) is 0 Å². The maximum atomic E-state index is 11.8. The molecule has 1 aliphatic rings. The number of hydrogen-bond donors (Lipinski definition) is 2. The van der Waals surface area contributed by atoms with Crippen LogP contribution >= 0.6 is 0 Å². The fraction of sp³-hybridized carbons (Fsp3) is 0.647. The van der Waals surface area contributed by atoms with Crippen LogP contribution in [0.15, 0.2) is 29.2 Å². The predicted molar refractivity (Wildman–Crippen MR) is 93.4 cm³/mol. The minimum atomic E-state index is -0.953. The van der Waals surface area contributed by atoms with E-state index in [1.165, 1.54) is 0 Å². The lowest BCUT2D eigenvalue weighted by molar-refractivity contribution is -0.0456. The topological polar surface area (TPSA) is 61.8 Å². The molecule has 1 aromatic rings. The van der Waals surface area contributed by atoms with Gasteiger partial charge in [-0.05, 0) is 38.1 Å². The van der Waals surface area contributed by atoms with Crippen LogP contribution in [0.5, 0.6) is 5.75 Å². The van der Waals surface area contributed by atoms with Crippen LogP contribution in [-0.4, -0.2) is 64.4 Å². The second-order valence-electron chi connectivity index (χ2n) is 6.38. The van der Waals surface area contributed by atoms with Crippen LogP contribution in [0.1, 0.15) is 20.8 Å². The number of piperazine rings is 1. The molecule has 2 atom stereocenters. The summed E-state index contributed by atoms with van der Waals surface area (Å²) in [6, 6.07) is 7.30. The van der Waals surface area contributed by atoms with Gasteiger partial charge in [-0.2, -0.15) is 0 Å². The average molecular weight is 340 g/mol. The first kappa shape index (κ1) is 18.4. The maximum Gasteiger partial charge on any atom is 0.130 e. The van der Waals surface area contributed by atoms with Crippen LogP contribution in [0, 0.1) is 0 Å². The van der Waals surface area contributed by atoms with Crippen molar-refractivity contribution in [3.63, 3.8) is 0 Å². The molecule has 1 fully saturated rings. The molecule has 6 heteroatoms. The standard InChI is InChI=1S/C17H28N2O3S/c1-4-23(21)15-7-5-14(6-8-15)22-17(2,3)16(20)13-19-11-9-18-10-12-19/h5-8,16,18,20H,4,9-13H2,1-3H3. The van der Waals surface area contributed by atoms with Gasteiger partial charge in [0.05, 0.1) is 10.8 Å². The van der Waals surface area contributed by atoms with Crippen LogP contribution < -0.4 is 10.1 Å². The van der Waals surface area contributed by atoms with E-state index in [0.29, 0.717) is 18.0 Å². The highest BCUT2D eigenvalue weighted by Gasteiger charge is 2.31. The number of aliphatic hydroxyl groups is 1. The minimum Gasteiger partial charge on any atom is -0.485 e. The first-order valence-corrected chi connectivity index (χ1v) is 9.53. The fourth-order valence-corrected chi connectivity index (χ4v) is 3.33. The van der Waals surface area contributed by atoms with E-state index < -0.39 is 22.5 Å². The highest BCUT2D eigenvalue weighted by atomic mass is 32.2. The van der Waals surface area contributed by atoms with Crippen LogP contribution in [0.4, 0.5) is 0 Å². The molecule has 0 spiro atoms. The molecule has 0 bridgehead atoms. The number of rotatable bonds is 7. The van der Waals surface area contributed by atoms with Crippen molar-refractivity contribution in [1.82, 2.24) is 10.2 Å². The predicted octanol–water partition coefficient (Wildman–Crippen LogP) is 1.24. The van der Waals surface area contributed by atoms with E-state index in [0.717, 1.165) is 31.1 Å². The first-order valence-electron chi connectivity index (χ1n) is 8.21. The monoisotopic (exact) mass is 340 g/mol. The first-order chi connectivity index (χ1) is 10.9. The molecule has 1 saturated heterocycles. The summed E-state index contributed by atoms with van der Waals surface area (Å²) < 4.78 is 17.7. The molecule has 0 saturated carbocycles. The molecule has 0 amide bonds. The summed E-state index contributed by atoms with van der Waals surface area (Å²) in [5.74, 6) is 1.29. The van der Waals surface area contributed by atoms with E-state index in [2.05, 4.69) is 10.2 Å². The normalized spacial score (nSPS) is 19.3. The van der Waals surface area contributed by atoms with Crippen molar-refractivity contribution < 1.29 is 14.1 Å². The van der Waals surface area contributed by atoms with Crippen molar-refractivity contribution in [1.29, 1.82) is 0 Å². The third-order valence-corrected chi connectivity index (χ3v) is 5.50. The Morgan fingerprint density at radius 2 is 1.91 bits per heavy atom. The number of nitrogens with one attached hydrogen (secondary N) is 1. The third kappa shape index (κ3) is 5.28. The zero-order valence-electron chi connectivity index (χ0n) is 14.2. The molecule has 2 N–H and O–H groups in total. The second kappa shape index (κ2) is 8.24. The van der Waals surface area contributed by atoms with Crippen molar-refractivity contribution in [3.05, 3.63) is 24.3 Å². The second-order valence-corrected chi connectivity index (χ2v) is 8.12. The summed E-state index contributed by atoms with van der Waals surface area (Å²) in [6.07, 6.45) is -0.579. The van der Waals surface area contributed by atoms with E-state index >= 15 is 0 Å². The Balaban J connectivity index is 1.94. The van der Waals surface area contributed by atoms with E-state index in [-0.39, 0.29) is 0 Å². The summed E-state index contributed by atoms with van der Waals surface area (Å²) in [7, 11) is -0.953. The molecule has 130 valence electrons. The van der Waals surface area contributed by atoms with Crippen LogP contribution in [0.3, 0.4) is 0 Å². The number of ether oxygens (including phenoxy) is 1. The molecule has 2 rings (SSSR count). The number of benzene rings is 1. The molecule has 0 radical (unpaired) electrons. The Kier molecular flexibility index (Phi) is 6.59. The van der Waals surface area contributed by atoms with Gasteiger partial charge < -0.3 is 15.2 Å². The molecule has 2 unspecified atom stereocenters. The van der Waals surface area contributed by atoms with Crippen molar-refractivity contribution in [2.75, 3.05) is 38.5 Å². The SMILES string of the molecule is CCS(=O)c1ccc(OC(C)(C)C(O)CN2CCNCC2)cc1. The Morgan fingerprint density at radius 1 is 1.30 bits per heavy atom. The Bertz CT molecular complexity index is 513. The molecule has 1 aromatic carbocycles. The van der Waals surface area contributed by atoms with Gasteiger partial charge in [0, 0.05) is 43.4 Å². The number of aliphatic hydroxyl groups excluding tert-OH is 1. The Hall–Kier alpha value is -0.950. The summed E-state index contributed by atoms with van der Waals surface area (Å²) in [4.78, 5) is 3.05. The van der Waals surface area contributed by atoms with E-state index in [4.69, 9.17) is 4.74 Å². The fourth-order valence-electron chi connectivity index (χ4n) is 2.56. The zero-order valence-corrected chi connectivity index (χ0v) is 15.1. The number of β-amino-alcohol motifs (C(OH)–C–C–N with tert-alkyl or cyclic N) is 1. The van der Waals surface area contributed by atoms with Gasteiger partial charge in [0.1, 0.15) is 17.5 Å². The number of hydrogen-bond acceptors (Lipinski definition) is 5. The van der Waals surface area contributed by atoms with Gasteiger partial charge in [-0.3, -0.25) is 9.11 Å². The van der Waals surface area contributed by atoms with Crippen LogP contribution in [0.2, 0.25) is 0 Å². The van der Waals surface area contributed by atoms with E-state index in [1.807, 2.05) is 45.0 Å². The molecule has 1 aliphatic heterocycles. The lowest BCUT2D eigenvalue weighted by atomic mass is 10.0. The lowest BCUT2D eigenvalue weighted by Crippen LogP contribution is -2.52. The summed E-state index contributed by atoms with van der Waals surface area (Å²) >= 11 is 0. The van der Waals surface area contributed by atoms with Gasteiger partial charge in [-0.15, -0.1) is 0 Å². The Morgan fingerprint density at radius 3 is 2.48 bits per heavy atom. The summed E-state index contributed by atoms with van der Waals surface area (Å²) in [5.41, 5.74) is -0.684. The summed E-state index contributed by atoms with van der Waals surface area (Å²) in [5, 5.41) is 13.8. The summed E-state index contributed by atoms with van der Waals surface area (Å²) in [6.45, 7) is 10.1. The molecular formula is C17H28N2O3S. The van der Waals surface area contributed by atoms with E-state index in [1.54, 1.807) is 0 Å². The molecule has 1 heterocycles. The van der Waals surface area contributed by atoms with Gasteiger partial charge in [-0.1, -0.05) is 6.92 Å². The van der Waals surface area contributed by atoms with Gasteiger partial charge in [0.15, 0.2) is 0 Å². The van der Waals surface area contributed by atoms with Crippen molar-refractivity contribution in [2.45, 2.75) is 37.4 Å². The molecular weight excluding hydrogens is 312 g/mol. The van der Waals surface area contributed by atoms with Crippen LogP contribution in [-0.2, 0) is 10.8 Å². The molecule has 0 aromatic heterocycles. The lowest BCUT2D eigenvalue weighted by Gasteiger charge is -2.36. The average Bonchev–Trinajstić information content (AvgIpc) is 2.55. The highest BCUT2D eigenvalue weighted by molar-refractivity contribution is 7.85. The highest BCUT2D eigenvalue weighted by Crippen LogP contribution is 2.23. The Labute approximate surface area is 141 Å².